The Morgan fingerprint density at radius 1 is 0.316 bits per heavy atom. The molecule has 3 heterocycles. The second-order valence-corrected chi connectivity index (χ2v) is 12.6. The van der Waals surface area contributed by atoms with Gasteiger partial charge >= 0.3 is 0 Å². The SMILES string of the molecule is [2H]c1c([2H])c([2H])c(-c2c([2H])c([2H])c([2H])c(-c3cccc(-n4c5c([2H])c([2H])c([2H])c([2H])c5c5c([2H])c([2H])c([2H])c(-n6c7c([2H])c([2H])c([2H])c([2H])c7c7c([2H])c(-n8c9c([2H])c([2H])c([2H])c([2H])c9c9c([2H])c([2H])c([2H])c([2H])c98)c([2H])c([2H])c76)c54)c3)c2[2H])c([2H])c1[2H]. The summed E-state index contributed by atoms with van der Waals surface area (Å²) in [5, 5.41) is -3.18. The molecule has 3 aromatic heterocycles. The Morgan fingerprint density at radius 2 is 0.825 bits per heavy atom. The summed E-state index contributed by atoms with van der Waals surface area (Å²) in [5.41, 5.74) is -7.15. The lowest BCUT2D eigenvalue weighted by molar-refractivity contribution is 1.13. The van der Waals surface area contributed by atoms with Crippen molar-refractivity contribution in [3.63, 3.8) is 0 Å². The molecule has 0 bridgehead atoms. The maximum absolute atomic E-state index is 10.2. The number of hydrogen-bond donors (Lipinski definition) is 0. The molecule has 3 nitrogen and oxygen atoms in total. The zero-order valence-electron chi connectivity index (χ0n) is 59.7. The molecule has 0 fully saturated rings. The van der Waals surface area contributed by atoms with Crippen molar-refractivity contribution in [2.24, 2.45) is 0 Å². The van der Waals surface area contributed by atoms with Crippen LogP contribution in [0.2, 0.25) is 0 Å². The van der Waals surface area contributed by atoms with Gasteiger partial charge in [-0.15, -0.1) is 0 Å². The lowest BCUT2D eigenvalue weighted by Crippen LogP contribution is -2.01. The summed E-state index contributed by atoms with van der Waals surface area (Å²) in [6.07, 6.45) is 0. The summed E-state index contributed by atoms with van der Waals surface area (Å²) in [4.78, 5) is 0. The summed E-state index contributed by atoms with van der Waals surface area (Å²) in [6, 6.07) is -21.8. The average molecular weight is 757 g/mol. The number of nitrogens with zero attached hydrogens (tertiary/aromatic N) is 3. The first-order valence-electron chi connectivity index (χ1n) is 32.6. The van der Waals surface area contributed by atoms with Gasteiger partial charge in [-0.25, -0.2) is 0 Å². The molecule has 0 amide bonds. The van der Waals surface area contributed by atoms with Crippen LogP contribution < -0.4 is 0 Å². The van der Waals surface area contributed by atoms with Gasteiger partial charge in [-0.3, -0.25) is 0 Å². The highest BCUT2D eigenvalue weighted by molar-refractivity contribution is 6.16. The molecule has 12 aromatic rings. The third-order valence-electron chi connectivity index (χ3n) is 9.59. The monoisotopic (exact) mass is 756 g/mol. The fourth-order valence-electron chi connectivity index (χ4n) is 7.25. The normalized spacial score (nSPS) is 19.5. The van der Waals surface area contributed by atoms with Gasteiger partial charge in [-0.2, -0.15) is 0 Å². The lowest BCUT2D eigenvalue weighted by atomic mass is 9.99. The van der Waals surface area contributed by atoms with E-state index in [1.54, 1.807) is 0 Å². The molecule has 0 atom stereocenters. The van der Waals surface area contributed by atoms with Crippen LogP contribution in [0.4, 0.5) is 0 Å². The maximum atomic E-state index is 10.2. The minimum Gasteiger partial charge on any atom is -0.309 e. The van der Waals surface area contributed by atoms with E-state index >= 15 is 0 Å². The summed E-state index contributed by atoms with van der Waals surface area (Å²) < 4.78 is 284. The van der Waals surface area contributed by atoms with Crippen molar-refractivity contribution in [3.05, 3.63) is 212 Å². The highest BCUT2D eigenvalue weighted by Gasteiger charge is 2.21. The molecule has 0 saturated carbocycles. The standard InChI is InChI=1S/C54H35N3/c1-2-15-36(16-3-1)37-17-12-18-38(33-37)39-19-13-20-40(34-39)56-50-28-10-6-23-44(50)46-25-14-30-53(54(46)56)57-51-29-11-7-24-45(51)47-35-41(31-32-52(47)57)55-48-26-8-4-21-42(48)43-22-5-9-27-49(43)55/h1-35H/i1D,2D,3D,4D,5D,6D,7D,8D,9D,10D,11D,12D,14D,15D,16D,17D,18D,21D,22D,23D,24D,25D,26D,27D,28D,29D,30D,31D,32D,33D,35D. The van der Waals surface area contributed by atoms with Crippen molar-refractivity contribution in [3.8, 4) is 39.3 Å². The molecule has 0 aliphatic rings. The fourth-order valence-corrected chi connectivity index (χ4v) is 7.25. The largest absolute Gasteiger partial charge is 0.309 e. The number of rotatable bonds is 5. The van der Waals surface area contributed by atoms with Gasteiger partial charge in [0.1, 0.15) is 0 Å². The molecule has 0 aliphatic heterocycles. The van der Waals surface area contributed by atoms with Crippen LogP contribution in [0, 0.1) is 0 Å². The van der Waals surface area contributed by atoms with Crippen molar-refractivity contribution >= 4 is 65.4 Å². The minimum absolute atomic E-state index is 0.175. The quantitative estimate of drug-likeness (QED) is 0.166. The molecule has 57 heavy (non-hydrogen) atoms. The zero-order chi connectivity index (χ0) is 64.4. The van der Waals surface area contributed by atoms with Gasteiger partial charge in [0.2, 0.25) is 0 Å². The van der Waals surface area contributed by atoms with Crippen LogP contribution in [-0.2, 0) is 0 Å². The third kappa shape index (κ3) is 4.79. The maximum Gasteiger partial charge on any atom is 0.0782 e. The molecule has 9 aromatic carbocycles. The Morgan fingerprint density at radius 3 is 1.53 bits per heavy atom. The van der Waals surface area contributed by atoms with E-state index < -0.39 is 281 Å². The van der Waals surface area contributed by atoms with Crippen LogP contribution in [0.5, 0.6) is 0 Å². The molecule has 0 spiro atoms. The predicted octanol–water partition coefficient (Wildman–Crippen LogP) is 14.3. The third-order valence-corrected chi connectivity index (χ3v) is 9.59. The number of aromatic nitrogens is 3. The van der Waals surface area contributed by atoms with Gasteiger partial charge in [0.25, 0.3) is 0 Å². The van der Waals surface area contributed by atoms with Gasteiger partial charge in [0, 0.05) is 43.7 Å². The van der Waals surface area contributed by atoms with Crippen LogP contribution >= 0.6 is 0 Å². The van der Waals surface area contributed by atoms with Crippen LogP contribution in [-0.4, -0.2) is 13.7 Å². The number of para-hydroxylation sites is 5. The molecule has 0 saturated heterocycles. The summed E-state index contributed by atoms with van der Waals surface area (Å²) in [6.45, 7) is 0. The Balaban J connectivity index is 1.30. The van der Waals surface area contributed by atoms with Crippen LogP contribution in [0.1, 0.15) is 42.5 Å². The average Bonchev–Trinajstić information content (AvgIpc) is 1.73. The van der Waals surface area contributed by atoms with E-state index in [4.69, 9.17) is 27.4 Å². The van der Waals surface area contributed by atoms with E-state index in [0.717, 1.165) is 13.7 Å². The van der Waals surface area contributed by atoms with Gasteiger partial charge in [0.05, 0.1) is 81.3 Å². The van der Waals surface area contributed by atoms with Gasteiger partial charge in [-0.1, -0.05) is 145 Å². The molecule has 12 rings (SSSR count). The first-order valence-corrected chi connectivity index (χ1v) is 17.1. The summed E-state index contributed by atoms with van der Waals surface area (Å²) >= 11 is 0. The van der Waals surface area contributed by atoms with Gasteiger partial charge in [-0.05, 0) is 88.8 Å². The Labute approximate surface area is 373 Å². The first-order chi connectivity index (χ1) is 41.2. The Bertz CT molecular complexity index is 5240. The molecule has 0 radical (unpaired) electrons. The van der Waals surface area contributed by atoms with Crippen molar-refractivity contribution < 1.29 is 42.5 Å². The molecule has 0 aliphatic carbocycles. The molecule has 266 valence electrons. The predicted molar refractivity (Wildman–Crippen MR) is 240 cm³/mol. The van der Waals surface area contributed by atoms with Crippen LogP contribution in [0.25, 0.3) is 105 Å². The molecule has 0 unspecified atom stereocenters. The number of benzene rings is 9. The zero-order valence-corrected chi connectivity index (χ0v) is 28.7. The van der Waals surface area contributed by atoms with E-state index in [2.05, 4.69) is 0 Å². The lowest BCUT2D eigenvalue weighted by Gasteiger charge is -2.15. The van der Waals surface area contributed by atoms with Crippen LogP contribution in [0.3, 0.4) is 0 Å². The second-order valence-electron chi connectivity index (χ2n) is 12.6. The van der Waals surface area contributed by atoms with Crippen molar-refractivity contribution in [2.45, 2.75) is 0 Å². The van der Waals surface area contributed by atoms with Crippen LogP contribution in [0.15, 0.2) is 212 Å². The van der Waals surface area contributed by atoms with Crippen molar-refractivity contribution in [1.82, 2.24) is 13.7 Å². The van der Waals surface area contributed by atoms with E-state index in [1.807, 2.05) is 0 Å². The summed E-state index contributed by atoms with van der Waals surface area (Å²) in [5.74, 6) is 0. The molecular weight excluding hydrogens is 691 g/mol. The second kappa shape index (κ2) is 12.5. The van der Waals surface area contributed by atoms with E-state index in [0.29, 0.717) is 0 Å². The van der Waals surface area contributed by atoms with Gasteiger partial charge in [0.15, 0.2) is 0 Å². The fraction of sp³-hybridized carbons (Fsp3) is 0. The van der Waals surface area contributed by atoms with Gasteiger partial charge < -0.3 is 13.7 Å². The van der Waals surface area contributed by atoms with Crippen molar-refractivity contribution in [1.29, 1.82) is 0 Å². The summed E-state index contributed by atoms with van der Waals surface area (Å²) in [7, 11) is 0. The smallest absolute Gasteiger partial charge is 0.0782 e. The first kappa shape index (κ1) is 13.8. The number of hydrogen-bond acceptors (Lipinski definition) is 0. The highest BCUT2D eigenvalue weighted by Crippen LogP contribution is 2.41. The van der Waals surface area contributed by atoms with Crippen molar-refractivity contribution in [2.75, 3.05) is 0 Å². The minimum atomic E-state index is -1.04. The molecule has 0 N–H and O–H groups in total. The Kier molecular flexibility index (Phi) is 3.02. The van der Waals surface area contributed by atoms with E-state index in [1.165, 1.54) is 24.3 Å². The Hall–Kier alpha value is -7.62. The highest BCUT2D eigenvalue weighted by atomic mass is 15.1. The topological polar surface area (TPSA) is 14.8 Å². The van der Waals surface area contributed by atoms with E-state index in [-0.39, 0.29) is 11.3 Å². The molecular formula is C54H35N3. The molecule has 3 heteroatoms. The van der Waals surface area contributed by atoms with E-state index in [9.17, 15) is 15.1 Å². The number of fused-ring (bicyclic) bond motifs is 9.